The number of piperazine rings is 1. The summed E-state index contributed by atoms with van der Waals surface area (Å²) < 4.78 is 40.3. The van der Waals surface area contributed by atoms with Crippen molar-refractivity contribution in [3.05, 3.63) is 63.9 Å². The van der Waals surface area contributed by atoms with E-state index >= 15 is 0 Å². The first-order valence-corrected chi connectivity index (χ1v) is 11.4. The minimum atomic E-state index is -3.56. The van der Waals surface area contributed by atoms with Gasteiger partial charge in [0.2, 0.25) is 10.0 Å². The summed E-state index contributed by atoms with van der Waals surface area (Å²) in [7, 11) is -3.56. The number of hydrogen-bond acceptors (Lipinski definition) is 4. The molecule has 0 aromatic heterocycles. The van der Waals surface area contributed by atoms with Crippen LogP contribution in [-0.2, 0) is 10.0 Å². The third-order valence-corrected chi connectivity index (χ3v) is 7.17. The predicted molar refractivity (Wildman–Crippen MR) is 113 cm³/mol. The van der Waals surface area contributed by atoms with E-state index in [1.54, 1.807) is 6.07 Å². The summed E-state index contributed by atoms with van der Waals surface area (Å²) >= 11 is 12.1. The highest BCUT2D eigenvalue weighted by molar-refractivity contribution is 7.89. The number of carbonyl (C=O) groups is 1. The van der Waals surface area contributed by atoms with Crippen LogP contribution < -0.4 is 10.2 Å². The van der Waals surface area contributed by atoms with Crippen molar-refractivity contribution in [3.63, 3.8) is 0 Å². The number of hydrogen-bond donors (Lipinski definition) is 1. The molecule has 0 spiro atoms. The zero-order valence-electron chi connectivity index (χ0n) is 15.4. The monoisotopic (exact) mass is 459 g/mol. The Morgan fingerprint density at radius 1 is 1.00 bits per heavy atom. The van der Waals surface area contributed by atoms with E-state index in [4.69, 9.17) is 23.2 Å². The number of carbonyl (C=O) groups excluding carboxylic acids is 1. The summed E-state index contributed by atoms with van der Waals surface area (Å²) in [4.78, 5) is 14.2. The number of sulfonamides is 1. The van der Waals surface area contributed by atoms with Crippen LogP contribution in [-0.4, -0.2) is 57.1 Å². The van der Waals surface area contributed by atoms with Gasteiger partial charge in [-0.05, 0) is 24.3 Å². The molecule has 1 amide bonds. The molecule has 1 heterocycles. The van der Waals surface area contributed by atoms with Crippen molar-refractivity contribution in [1.82, 2.24) is 9.62 Å². The quantitative estimate of drug-likeness (QED) is 0.720. The first kappa shape index (κ1) is 21.8. The zero-order chi connectivity index (χ0) is 21.0. The normalized spacial score (nSPS) is 15.3. The molecule has 1 N–H and O–H groups in total. The highest BCUT2D eigenvalue weighted by atomic mass is 35.5. The van der Waals surface area contributed by atoms with Gasteiger partial charge in [-0.2, -0.15) is 4.31 Å². The third-order valence-electron chi connectivity index (χ3n) is 4.66. The fraction of sp³-hybridized carbons (Fsp3) is 0.316. The second-order valence-electron chi connectivity index (χ2n) is 6.51. The summed E-state index contributed by atoms with van der Waals surface area (Å²) in [6.45, 7) is 1.53. The zero-order valence-corrected chi connectivity index (χ0v) is 17.8. The first-order valence-electron chi connectivity index (χ1n) is 8.99. The molecule has 0 aliphatic carbocycles. The molecule has 1 aliphatic rings. The molecule has 1 fully saturated rings. The molecule has 0 atom stereocenters. The van der Waals surface area contributed by atoms with E-state index < -0.39 is 21.7 Å². The number of para-hydroxylation sites is 1. The maximum atomic E-state index is 13.8. The van der Waals surface area contributed by atoms with Crippen molar-refractivity contribution in [2.24, 2.45) is 0 Å². The lowest BCUT2D eigenvalue weighted by atomic mass is 10.2. The number of amides is 1. The highest BCUT2D eigenvalue weighted by Crippen LogP contribution is 2.26. The molecule has 0 radical (unpaired) electrons. The van der Waals surface area contributed by atoms with Gasteiger partial charge in [0.25, 0.3) is 5.91 Å². The Morgan fingerprint density at radius 2 is 1.66 bits per heavy atom. The minimum absolute atomic E-state index is 0.0268. The Balaban J connectivity index is 1.53. The van der Waals surface area contributed by atoms with Gasteiger partial charge in [0.1, 0.15) is 5.82 Å². The molecule has 2 aromatic rings. The van der Waals surface area contributed by atoms with E-state index in [9.17, 15) is 17.6 Å². The lowest BCUT2D eigenvalue weighted by molar-refractivity contribution is 0.0952. The lowest BCUT2D eigenvalue weighted by Gasteiger charge is -2.35. The summed E-state index contributed by atoms with van der Waals surface area (Å²) in [5.74, 6) is -1.78. The van der Waals surface area contributed by atoms with E-state index in [1.165, 1.54) is 16.4 Å². The Hall–Kier alpha value is -1.87. The van der Waals surface area contributed by atoms with Crippen molar-refractivity contribution in [2.75, 3.05) is 43.4 Å². The van der Waals surface area contributed by atoms with Gasteiger partial charge >= 0.3 is 0 Å². The van der Waals surface area contributed by atoms with Crippen LogP contribution in [0.5, 0.6) is 0 Å². The van der Waals surface area contributed by atoms with Gasteiger partial charge in [-0.15, -0.1) is 0 Å². The highest BCUT2D eigenvalue weighted by Gasteiger charge is 2.27. The second-order valence-corrected chi connectivity index (χ2v) is 9.41. The fourth-order valence-electron chi connectivity index (χ4n) is 3.14. The molecular weight excluding hydrogens is 440 g/mol. The average molecular weight is 460 g/mol. The maximum absolute atomic E-state index is 13.8. The van der Waals surface area contributed by atoms with E-state index in [1.807, 2.05) is 23.1 Å². The van der Waals surface area contributed by atoms with Crippen molar-refractivity contribution < 1.29 is 17.6 Å². The van der Waals surface area contributed by atoms with E-state index in [0.29, 0.717) is 31.2 Å². The molecule has 1 aliphatic heterocycles. The minimum Gasteiger partial charge on any atom is -0.368 e. The van der Waals surface area contributed by atoms with Crippen molar-refractivity contribution in [1.29, 1.82) is 0 Å². The molecule has 29 heavy (non-hydrogen) atoms. The molecule has 1 saturated heterocycles. The van der Waals surface area contributed by atoms with Gasteiger partial charge in [0.15, 0.2) is 0 Å². The number of benzene rings is 2. The van der Waals surface area contributed by atoms with Gasteiger partial charge in [-0.1, -0.05) is 41.4 Å². The van der Waals surface area contributed by atoms with Crippen molar-refractivity contribution >= 4 is 44.8 Å². The fourth-order valence-corrected chi connectivity index (χ4v) is 4.98. The van der Waals surface area contributed by atoms with Gasteiger partial charge in [0, 0.05) is 32.7 Å². The van der Waals surface area contributed by atoms with Crippen LogP contribution in [0.3, 0.4) is 0 Å². The Labute approximate surface area is 179 Å². The molecule has 0 unspecified atom stereocenters. The first-order chi connectivity index (χ1) is 13.8. The third kappa shape index (κ3) is 5.19. The summed E-state index contributed by atoms with van der Waals surface area (Å²) in [5, 5.41) is 3.02. The number of nitrogens with one attached hydrogen (secondary N) is 1. The van der Waals surface area contributed by atoms with Crippen LogP contribution in [0.4, 0.5) is 10.1 Å². The molecule has 156 valence electrons. The van der Waals surface area contributed by atoms with Crippen LogP contribution >= 0.6 is 23.2 Å². The Kier molecular flexibility index (Phi) is 7.00. The van der Waals surface area contributed by atoms with Crippen molar-refractivity contribution in [3.8, 4) is 0 Å². The molecular formula is C19H20Cl2FN3O3S. The Bertz CT molecular complexity index is 976. The van der Waals surface area contributed by atoms with Gasteiger partial charge in [0.05, 0.1) is 27.0 Å². The van der Waals surface area contributed by atoms with Crippen LogP contribution in [0, 0.1) is 5.82 Å². The maximum Gasteiger partial charge on any atom is 0.255 e. The smallest absolute Gasteiger partial charge is 0.255 e. The summed E-state index contributed by atoms with van der Waals surface area (Å²) in [5.41, 5.74) is 0.583. The van der Waals surface area contributed by atoms with Gasteiger partial charge < -0.3 is 10.2 Å². The van der Waals surface area contributed by atoms with Crippen LogP contribution in [0.2, 0.25) is 10.0 Å². The van der Waals surface area contributed by atoms with Crippen LogP contribution in [0.1, 0.15) is 10.4 Å². The van der Waals surface area contributed by atoms with E-state index in [-0.39, 0.29) is 22.9 Å². The number of halogens is 3. The largest absolute Gasteiger partial charge is 0.368 e. The van der Waals surface area contributed by atoms with Gasteiger partial charge in [-0.25, -0.2) is 12.8 Å². The van der Waals surface area contributed by atoms with Crippen LogP contribution in [0.25, 0.3) is 0 Å². The number of anilines is 1. The molecule has 0 saturated carbocycles. The molecule has 0 bridgehead atoms. The number of nitrogens with zero attached hydrogens (tertiary/aromatic N) is 2. The Morgan fingerprint density at radius 3 is 2.31 bits per heavy atom. The average Bonchev–Trinajstić information content (AvgIpc) is 2.68. The summed E-state index contributed by atoms with van der Waals surface area (Å²) in [6.07, 6.45) is 0. The molecule has 6 nitrogen and oxygen atoms in total. The molecule has 2 aromatic carbocycles. The number of rotatable bonds is 6. The van der Waals surface area contributed by atoms with Crippen molar-refractivity contribution in [2.45, 2.75) is 0 Å². The predicted octanol–water partition coefficient (Wildman–Crippen LogP) is 3.01. The van der Waals surface area contributed by atoms with Gasteiger partial charge in [-0.3, -0.25) is 4.79 Å². The molecule has 3 rings (SSSR count). The topological polar surface area (TPSA) is 69.7 Å². The van der Waals surface area contributed by atoms with E-state index in [0.717, 1.165) is 11.8 Å². The molecule has 10 heteroatoms. The van der Waals surface area contributed by atoms with E-state index in [2.05, 4.69) is 5.32 Å². The van der Waals surface area contributed by atoms with Crippen LogP contribution in [0.15, 0.2) is 42.5 Å². The SMILES string of the molecule is O=C(NCCS(=O)(=O)N1CCN(c2ccccc2Cl)CC1)c1c(F)cccc1Cl. The standard InChI is InChI=1S/C19H20Cl2FN3O3S/c20-14-4-1-2-7-17(14)24-9-11-25(12-10-24)29(27,28)13-8-23-19(26)18-15(21)5-3-6-16(18)22/h1-7H,8-13H2,(H,23,26). The lowest BCUT2D eigenvalue weighted by Crippen LogP contribution is -2.50. The second kappa shape index (κ2) is 9.30. The summed E-state index contributed by atoms with van der Waals surface area (Å²) in [6, 6.07) is 11.3.